The topological polar surface area (TPSA) is 75.7 Å². The molecule has 2 rings (SSSR count). The molecule has 140 valence electrons. The maximum Gasteiger partial charge on any atom is 0.245 e. The van der Waals surface area contributed by atoms with Crippen molar-refractivity contribution in [1.29, 1.82) is 0 Å². The molecule has 0 spiro atoms. The predicted octanol–water partition coefficient (Wildman–Crippen LogP) is 2.52. The molecule has 0 aromatic heterocycles. The van der Waals surface area contributed by atoms with Gasteiger partial charge < -0.3 is 10.1 Å². The van der Waals surface area contributed by atoms with Crippen LogP contribution in [-0.4, -0.2) is 34.2 Å². The van der Waals surface area contributed by atoms with Gasteiger partial charge in [-0.3, -0.25) is 9.10 Å². The number of methoxy groups -OCH3 is 1. The molecule has 0 aliphatic heterocycles. The van der Waals surface area contributed by atoms with Crippen LogP contribution in [-0.2, 0) is 14.8 Å². The Kier molecular flexibility index (Phi) is 5.76. The van der Waals surface area contributed by atoms with E-state index in [1.807, 2.05) is 5.32 Å². The van der Waals surface area contributed by atoms with Crippen molar-refractivity contribution in [2.24, 2.45) is 0 Å². The Morgan fingerprint density at radius 2 is 1.77 bits per heavy atom. The minimum atomic E-state index is -3.90. The zero-order chi connectivity index (χ0) is 19.5. The van der Waals surface area contributed by atoms with Crippen molar-refractivity contribution in [3.8, 4) is 5.75 Å². The van der Waals surface area contributed by atoms with Crippen LogP contribution in [0.4, 0.5) is 24.5 Å². The van der Waals surface area contributed by atoms with Gasteiger partial charge in [-0.2, -0.15) is 0 Å². The molecule has 0 aliphatic carbocycles. The summed E-state index contributed by atoms with van der Waals surface area (Å²) in [5, 5.41) is 2.02. The van der Waals surface area contributed by atoms with Gasteiger partial charge in [0.2, 0.25) is 15.9 Å². The van der Waals surface area contributed by atoms with Crippen molar-refractivity contribution in [3.05, 3.63) is 53.8 Å². The van der Waals surface area contributed by atoms with Gasteiger partial charge in [0, 0.05) is 0 Å². The van der Waals surface area contributed by atoms with Crippen molar-refractivity contribution in [2.75, 3.05) is 29.5 Å². The fourth-order valence-electron chi connectivity index (χ4n) is 2.16. The van der Waals surface area contributed by atoms with Gasteiger partial charge in [0.05, 0.1) is 24.7 Å². The van der Waals surface area contributed by atoms with Crippen LogP contribution in [0, 0.1) is 17.5 Å². The lowest BCUT2D eigenvalue weighted by Crippen LogP contribution is -2.37. The van der Waals surface area contributed by atoms with Crippen molar-refractivity contribution in [1.82, 2.24) is 0 Å². The molecule has 0 heterocycles. The van der Waals surface area contributed by atoms with Crippen molar-refractivity contribution >= 4 is 27.3 Å². The largest absolute Gasteiger partial charge is 0.495 e. The van der Waals surface area contributed by atoms with Crippen molar-refractivity contribution in [2.45, 2.75) is 0 Å². The summed E-state index contributed by atoms with van der Waals surface area (Å²) >= 11 is 0. The Labute approximate surface area is 148 Å². The first kappa shape index (κ1) is 19.6. The summed E-state index contributed by atoms with van der Waals surface area (Å²) in [5.41, 5.74) is -0.513. The van der Waals surface area contributed by atoms with E-state index in [-0.39, 0.29) is 11.4 Å². The lowest BCUT2D eigenvalue weighted by molar-refractivity contribution is -0.114. The summed E-state index contributed by atoms with van der Waals surface area (Å²) in [6.07, 6.45) is 0.880. The number of rotatable bonds is 6. The Hall–Kier alpha value is -2.75. The third kappa shape index (κ3) is 4.26. The molecule has 0 radical (unpaired) electrons. The van der Waals surface area contributed by atoms with Crippen LogP contribution in [0.25, 0.3) is 0 Å². The van der Waals surface area contributed by atoms with Crippen LogP contribution in [0.5, 0.6) is 5.75 Å². The summed E-state index contributed by atoms with van der Waals surface area (Å²) in [7, 11) is -2.57. The Bertz CT molecular complexity index is 935. The van der Waals surface area contributed by atoms with Gasteiger partial charge in [-0.25, -0.2) is 21.6 Å². The van der Waals surface area contributed by atoms with Crippen LogP contribution in [0.15, 0.2) is 36.4 Å². The number of halogens is 3. The summed E-state index contributed by atoms with van der Waals surface area (Å²) in [6.45, 7) is -0.725. The van der Waals surface area contributed by atoms with Crippen LogP contribution in [0.1, 0.15) is 0 Å². The number of anilines is 2. The standard InChI is InChI=1S/C16H15F3N2O4S/c1-25-13-6-4-3-5-12(13)21(26(2,23)24)9-14(22)20-11-8-7-10(17)15(18)16(11)19/h3-8H,9H2,1-2H3,(H,20,22). The molecule has 0 bridgehead atoms. The second-order valence-corrected chi connectivity index (χ2v) is 7.12. The second kappa shape index (κ2) is 7.65. The van der Waals surface area contributed by atoms with Gasteiger partial charge in [0.25, 0.3) is 0 Å². The number of benzene rings is 2. The fraction of sp³-hybridized carbons (Fsp3) is 0.188. The molecule has 0 saturated carbocycles. The molecule has 0 aliphatic rings. The normalized spacial score (nSPS) is 11.1. The Morgan fingerprint density at radius 3 is 2.38 bits per heavy atom. The first-order valence-corrected chi connectivity index (χ1v) is 9.04. The van der Waals surface area contributed by atoms with Crippen LogP contribution >= 0.6 is 0 Å². The van der Waals surface area contributed by atoms with E-state index in [2.05, 4.69) is 0 Å². The van der Waals surface area contributed by atoms with Gasteiger partial charge in [-0.05, 0) is 24.3 Å². The molecule has 0 atom stereocenters. The van der Waals surface area contributed by atoms with Crippen molar-refractivity contribution in [3.63, 3.8) is 0 Å². The van der Waals surface area contributed by atoms with E-state index in [9.17, 15) is 26.4 Å². The highest BCUT2D eigenvalue weighted by Crippen LogP contribution is 2.29. The molecule has 0 saturated heterocycles. The van der Waals surface area contributed by atoms with Gasteiger partial charge in [-0.15, -0.1) is 0 Å². The predicted molar refractivity (Wildman–Crippen MR) is 90.1 cm³/mol. The molecular formula is C16H15F3N2O4S. The third-order valence-electron chi connectivity index (χ3n) is 3.35. The minimum absolute atomic E-state index is 0.0957. The summed E-state index contributed by atoms with van der Waals surface area (Å²) in [6, 6.07) is 7.55. The van der Waals surface area contributed by atoms with E-state index in [1.54, 1.807) is 12.1 Å². The zero-order valence-electron chi connectivity index (χ0n) is 13.8. The first-order valence-electron chi connectivity index (χ1n) is 7.19. The number of hydrogen-bond donors (Lipinski definition) is 1. The molecule has 10 heteroatoms. The van der Waals surface area contributed by atoms with Gasteiger partial charge in [0.15, 0.2) is 17.5 Å². The lowest BCUT2D eigenvalue weighted by Gasteiger charge is -2.23. The zero-order valence-corrected chi connectivity index (χ0v) is 14.6. The Morgan fingerprint density at radius 1 is 1.12 bits per heavy atom. The summed E-state index contributed by atoms with van der Waals surface area (Å²) in [4.78, 5) is 12.2. The van der Waals surface area contributed by atoms with Crippen LogP contribution < -0.4 is 14.4 Å². The SMILES string of the molecule is COc1ccccc1N(CC(=O)Nc1ccc(F)c(F)c1F)S(C)(=O)=O. The number of nitrogens with zero attached hydrogens (tertiary/aromatic N) is 1. The summed E-state index contributed by atoms with van der Waals surface area (Å²) < 4.78 is 69.8. The molecule has 1 N–H and O–H groups in total. The smallest absolute Gasteiger partial charge is 0.245 e. The Balaban J connectivity index is 2.30. The van der Waals surface area contributed by atoms with E-state index >= 15 is 0 Å². The van der Waals surface area contributed by atoms with E-state index in [1.165, 1.54) is 19.2 Å². The van der Waals surface area contributed by atoms with Crippen LogP contribution in [0.2, 0.25) is 0 Å². The average Bonchev–Trinajstić information content (AvgIpc) is 2.59. The monoisotopic (exact) mass is 388 g/mol. The number of amides is 1. The van der Waals surface area contributed by atoms with Crippen LogP contribution in [0.3, 0.4) is 0 Å². The molecule has 2 aromatic rings. The molecule has 6 nitrogen and oxygen atoms in total. The molecule has 0 unspecified atom stereocenters. The maximum atomic E-state index is 13.7. The highest BCUT2D eigenvalue weighted by atomic mass is 32.2. The number of sulfonamides is 1. The quantitative estimate of drug-likeness (QED) is 0.772. The van der Waals surface area contributed by atoms with E-state index < -0.39 is 45.6 Å². The van der Waals surface area contributed by atoms with Gasteiger partial charge >= 0.3 is 0 Å². The number of hydrogen-bond acceptors (Lipinski definition) is 4. The number of carbonyl (C=O) groups excluding carboxylic acids is 1. The van der Waals surface area contributed by atoms with Gasteiger partial charge in [-0.1, -0.05) is 12.1 Å². The average molecular weight is 388 g/mol. The molecule has 2 aromatic carbocycles. The number of carbonyl (C=O) groups is 1. The maximum absolute atomic E-state index is 13.7. The second-order valence-electron chi connectivity index (χ2n) is 5.21. The highest BCUT2D eigenvalue weighted by Gasteiger charge is 2.24. The van der Waals surface area contributed by atoms with E-state index in [4.69, 9.17) is 4.74 Å². The number of para-hydroxylation sites is 2. The lowest BCUT2D eigenvalue weighted by atomic mass is 10.2. The van der Waals surface area contributed by atoms with E-state index in [0.717, 1.165) is 16.6 Å². The molecule has 0 fully saturated rings. The third-order valence-corrected chi connectivity index (χ3v) is 4.48. The summed E-state index contributed by atoms with van der Waals surface area (Å²) in [5.74, 6) is -5.49. The minimum Gasteiger partial charge on any atom is -0.495 e. The number of nitrogens with one attached hydrogen (secondary N) is 1. The molecule has 1 amide bonds. The van der Waals surface area contributed by atoms with Gasteiger partial charge in [0.1, 0.15) is 12.3 Å². The van der Waals surface area contributed by atoms with Crippen molar-refractivity contribution < 1.29 is 31.1 Å². The fourth-order valence-corrected chi connectivity index (χ4v) is 3.02. The number of ether oxygens (including phenoxy) is 1. The first-order chi connectivity index (χ1) is 12.1. The highest BCUT2D eigenvalue weighted by molar-refractivity contribution is 7.92. The molecule has 26 heavy (non-hydrogen) atoms. The van der Waals surface area contributed by atoms with E-state index in [0.29, 0.717) is 6.07 Å². The molecular weight excluding hydrogens is 373 g/mol.